The van der Waals surface area contributed by atoms with Crippen molar-refractivity contribution in [2.75, 3.05) is 5.32 Å². The summed E-state index contributed by atoms with van der Waals surface area (Å²) in [6.07, 6.45) is -4.89. The van der Waals surface area contributed by atoms with E-state index in [1.807, 2.05) is 0 Å². The number of benzene rings is 2. The number of ether oxygens (including phenoxy) is 1. The van der Waals surface area contributed by atoms with Gasteiger partial charge in [-0.3, -0.25) is 10.00 Å². The highest BCUT2D eigenvalue weighted by molar-refractivity contribution is 6.35. The predicted molar refractivity (Wildman–Crippen MR) is 99.8 cm³/mol. The van der Waals surface area contributed by atoms with Gasteiger partial charge in [-0.1, -0.05) is 41.4 Å². The fourth-order valence-corrected chi connectivity index (χ4v) is 3.05. The van der Waals surface area contributed by atoms with Gasteiger partial charge in [-0.15, -0.1) is 0 Å². The summed E-state index contributed by atoms with van der Waals surface area (Å²) in [5.41, 5.74) is 0.195. The van der Waals surface area contributed by atoms with E-state index in [-0.39, 0.29) is 0 Å². The molecular weight excluding hydrogens is 418 g/mol. The molecule has 0 radical (unpaired) electrons. The van der Waals surface area contributed by atoms with Crippen molar-refractivity contribution in [1.29, 1.82) is 0 Å². The summed E-state index contributed by atoms with van der Waals surface area (Å²) in [5, 5.41) is 6.50. The topological polar surface area (TPSA) is 56.1 Å². The maximum atomic E-state index is 13.0. The van der Waals surface area contributed by atoms with Crippen molar-refractivity contribution in [3.63, 3.8) is 0 Å². The third-order valence-electron chi connectivity index (χ3n) is 3.60. The molecule has 3 aromatic rings. The summed E-state index contributed by atoms with van der Waals surface area (Å²) < 4.78 is 44.7. The summed E-state index contributed by atoms with van der Waals surface area (Å²) in [5.74, 6) is -0.698. The van der Waals surface area contributed by atoms with Gasteiger partial charge in [-0.05, 0) is 29.8 Å². The number of hydrogen-bond donors (Lipinski definition) is 1. The normalized spacial score (nSPS) is 11.4. The molecule has 0 fully saturated rings. The first kappa shape index (κ1) is 20.0. The van der Waals surface area contributed by atoms with Crippen LogP contribution in [-0.2, 0) is 13.2 Å². The number of carbonyl (C=O) groups excluding carboxylic acids is 1. The molecule has 3 rings (SSSR count). The summed E-state index contributed by atoms with van der Waals surface area (Å²) in [6, 6.07) is 11.5. The SMILES string of the molecule is Cn1cc(OC(=O)Nc2ccccc2-c2cc(Cl)cc(Cl)c2)c(C(F)(F)F)n1. The lowest BCUT2D eigenvalue weighted by Gasteiger charge is -2.12. The molecule has 2 aromatic carbocycles. The number of nitrogens with one attached hydrogen (secondary N) is 1. The van der Waals surface area contributed by atoms with Gasteiger partial charge in [0.25, 0.3) is 0 Å². The molecule has 1 aromatic heterocycles. The molecule has 0 spiro atoms. The highest BCUT2D eigenvalue weighted by Crippen LogP contribution is 2.35. The van der Waals surface area contributed by atoms with Crippen LogP contribution in [-0.4, -0.2) is 15.9 Å². The van der Waals surface area contributed by atoms with Crippen LogP contribution in [0.4, 0.5) is 23.7 Å². The van der Waals surface area contributed by atoms with E-state index >= 15 is 0 Å². The van der Waals surface area contributed by atoms with E-state index < -0.39 is 23.7 Å². The molecule has 1 heterocycles. The number of halogens is 5. The Labute approximate surface area is 167 Å². The summed E-state index contributed by atoms with van der Waals surface area (Å²) in [6.45, 7) is 0. The second-order valence-electron chi connectivity index (χ2n) is 5.73. The first-order valence-electron chi connectivity index (χ1n) is 7.78. The molecule has 5 nitrogen and oxygen atoms in total. The molecule has 0 atom stereocenters. The van der Waals surface area contributed by atoms with E-state index in [1.165, 1.54) is 7.05 Å². The zero-order valence-corrected chi connectivity index (χ0v) is 15.7. The van der Waals surface area contributed by atoms with Crippen molar-refractivity contribution in [3.05, 3.63) is 64.4 Å². The van der Waals surface area contributed by atoms with Crippen molar-refractivity contribution in [2.24, 2.45) is 7.05 Å². The average Bonchev–Trinajstić information content (AvgIpc) is 2.95. The largest absolute Gasteiger partial charge is 0.438 e. The van der Waals surface area contributed by atoms with E-state index in [0.29, 0.717) is 26.9 Å². The third-order valence-corrected chi connectivity index (χ3v) is 4.04. The van der Waals surface area contributed by atoms with Gasteiger partial charge in [0.2, 0.25) is 5.69 Å². The van der Waals surface area contributed by atoms with E-state index in [2.05, 4.69) is 10.4 Å². The monoisotopic (exact) mass is 429 g/mol. The molecule has 10 heteroatoms. The van der Waals surface area contributed by atoms with Crippen molar-refractivity contribution in [2.45, 2.75) is 6.18 Å². The molecule has 0 aliphatic carbocycles. The number of hydrogen-bond acceptors (Lipinski definition) is 3. The van der Waals surface area contributed by atoms with Crippen molar-refractivity contribution in [3.8, 4) is 16.9 Å². The first-order chi connectivity index (χ1) is 13.1. The molecular formula is C18H12Cl2F3N3O2. The summed E-state index contributed by atoms with van der Waals surface area (Å²) >= 11 is 12.0. The standard InChI is InChI=1S/C18H12Cl2F3N3O2/c1-26-9-15(16(25-26)18(21,22)23)28-17(27)24-14-5-3-2-4-13(14)10-6-11(19)8-12(20)7-10/h2-9H,1H3,(H,24,27). The van der Waals surface area contributed by atoms with Gasteiger partial charge in [0, 0.05) is 22.7 Å². The molecule has 146 valence electrons. The van der Waals surface area contributed by atoms with E-state index in [9.17, 15) is 18.0 Å². The molecule has 1 amide bonds. The van der Waals surface area contributed by atoms with Crippen LogP contribution in [0, 0.1) is 0 Å². The number of amides is 1. The Balaban J connectivity index is 1.87. The van der Waals surface area contributed by atoms with Gasteiger partial charge < -0.3 is 4.74 Å². The van der Waals surface area contributed by atoms with E-state index in [4.69, 9.17) is 27.9 Å². The summed E-state index contributed by atoms with van der Waals surface area (Å²) in [4.78, 5) is 12.2. The molecule has 0 saturated heterocycles. The average molecular weight is 430 g/mol. The molecule has 0 unspecified atom stereocenters. The third kappa shape index (κ3) is 4.58. The number of anilines is 1. The molecule has 28 heavy (non-hydrogen) atoms. The lowest BCUT2D eigenvalue weighted by Crippen LogP contribution is -2.19. The van der Waals surface area contributed by atoms with Gasteiger partial charge in [0.15, 0.2) is 5.75 Å². The Bertz CT molecular complexity index is 1010. The summed E-state index contributed by atoms with van der Waals surface area (Å²) in [7, 11) is 1.29. The smallest absolute Gasteiger partial charge is 0.406 e. The van der Waals surface area contributed by atoms with Crippen LogP contribution in [0.2, 0.25) is 10.0 Å². The lowest BCUT2D eigenvalue weighted by atomic mass is 10.0. The zero-order chi connectivity index (χ0) is 20.5. The van der Waals surface area contributed by atoms with Crippen LogP contribution in [0.3, 0.4) is 0 Å². The zero-order valence-electron chi connectivity index (χ0n) is 14.2. The first-order valence-corrected chi connectivity index (χ1v) is 8.54. The number of aromatic nitrogens is 2. The molecule has 1 N–H and O–H groups in total. The number of para-hydroxylation sites is 1. The predicted octanol–water partition coefficient (Wildman–Crippen LogP) is 6.02. The number of alkyl halides is 3. The van der Waals surface area contributed by atoms with Gasteiger partial charge >= 0.3 is 12.3 Å². The Morgan fingerprint density at radius 2 is 1.79 bits per heavy atom. The van der Waals surface area contributed by atoms with Crippen LogP contribution < -0.4 is 10.1 Å². The van der Waals surface area contributed by atoms with Crippen LogP contribution in [0.25, 0.3) is 11.1 Å². The number of nitrogens with zero attached hydrogens (tertiary/aromatic N) is 2. The Kier molecular flexibility index (Phi) is 5.53. The van der Waals surface area contributed by atoms with Gasteiger partial charge in [0.05, 0.1) is 11.9 Å². The molecule has 0 aliphatic heterocycles. The Morgan fingerprint density at radius 1 is 1.14 bits per heavy atom. The maximum absolute atomic E-state index is 13.0. The van der Waals surface area contributed by atoms with E-state index in [0.717, 1.165) is 10.9 Å². The van der Waals surface area contributed by atoms with Crippen LogP contribution in [0.5, 0.6) is 5.75 Å². The maximum Gasteiger partial charge on any atom is 0.438 e. The highest BCUT2D eigenvalue weighted by Gasteiger charge is 2.38. The van der Waals surface area contributed by atoms with Crippen LogP contribution in [0.15, 0.2) is 48.7 Å². The van der Waals surface area contributed by atoms with Crippen molar-refractivity contribution in [1.82, 2.24) is 9.78 Å². The minimum atomic E-state index is -4.76. The van der Waals surface area contributed by atoms with Gasteiger partial charge in [-0.25, -0.2) is 4.79 Å². The number of carbonyl (C=O) groups is 1. The quantitative estimate of drug-likeness (QED) is 0.553. The van der Waals surface area contributed by atoms with Crippen molar-refractivity contribution >= 4 is 35.0 Å². The van der Waals surface area contributed by atoms with Crippen LogP contribution in [0.1, 0.15) is 5.69 Å². The minimum absolute atomic E-state index is 0.309. The second-order valence-corrected chi connectivity index (χ2v) is 6.60. The highest BCUT2D eigenvalue weighted by atomic mass is 35.5. The lowest BCUT2D eigenvalue weighted by molar-refractivity contribution is -0.142. The fourth-order valence-electron chi connectivity index (χ4n) is 2.53. The number of rotatable bonds is 3. The van der Waals surface area contributed by atoms with E-state index in [1.54, 1.807) is 42.5 Å². The van der Waals surface area contributed by atoms with Gasteiger partial charge in [-0.2, -0.15) is 18.3 Å². The number of aryl methyl sites for hydroxylation is 1. The Morgan fingerprint density at radius 3 is 2.43 bits per heavy atom. The molecule has 0 saturated carbocycles. The Hall–Kier alpha value is -2.71. The molecule has 0 aliphatic rings. The second kappa shape index (κ2) is 7.73. The van der Waals surface area contributed by atoms with Crippen LogP contribution >= 0.6 is 23.2 Å². The minimum Gasteiger partial charge on any atom is -0.406 e. The molecule has 0 bridgehead atoms. The fraction of sp³-hybridized carbons (Fsp3) is 0.111. The van der Waals surface area contributed by atoms with Crippen molar-refractivity contribution < 1.29 is 22.7 Å². The van der Waals surface area contributed by atoms with Gasteiger partial charge in [0.1, 0.15) is 0 Å².